The Morgan fingerprint density at radius 1 is 1.30 bits per heavy atom. The van der Waals surface area contributed by atoms with Crippen molar-refractivity contribution in [3.05, 3.63) is 0 Å². The molecule has 0 saturated heterocycles. The van der Waals surface area contributed by atoms with Gasteiger partial charge in [0.25, 0.3) is 0 Å². The number of halogens is 1. The highest BCUT2D eigenvalue weighted by atomic mass is 79.9. The van der Waals surface area contributed by atoms with Crippen LogP contribution in [0.5, 0.6) is 0 Å². The van der Waals surface area contributed by atoms with E-state index in [-0.39, 0.29) is 10.8 Å². The Labute approximate surface area is 130 Å². The van der Waals surface area contributed by atoms with E-state index in [1.807, 2.05) is 0 Å². The number of rotatable bonds is 2. The van der Waals surface area contributed by atoms with Gasteiger partial charge in [-0.25, -0.2) is 4.79 Å². The normalized spacial score (nSPS) is 43.6. The fraction of sp³-hybridized carbons (Fsp3) is 0.938. The Hall–Kier alpha value is -0.250. The highest BCUT2D eigenvalue weighted by Crippen LogP contribution is 2.62. The van der Waals surface area contributed by atoms with E-state index in [2.05, 4.69) is 43.6 Å². The van der Waals surface area contributed by atoms with Crippen molar-refractivity contribution in [2.75, 3.05) is 6.61 Å². The smallest absolute Gasteiger partial charge is 0.450 e. The molecule has 0 aliphatic heterocycles. The van der Waals surface area contributed by atoms with Gasteiger partial charge in [-0.2, -0.15) is 0 Å². The quantitative estimate of drug-likeness (QED) is 0.569. The summed E-state index contributed by atoms with van der Waals surface area (Å²) < 4.78 is 4.97. The summed E-state index contributed by atoms with van der Waals surface area (Å²) in [5.41, 5.74) is 0.454. The lowest BCUT2D eigenvalue weighted by atomic mass is 9.47. The van der Waals surface area contributed by atoms with Crippen LogP contribution in [0.2, 0.25) is 0 Å². The van der Waals surface area contributed by atoms with Gasteiger partial charge in [0.1, 0.15) is 0 Å². The first-order valence-corrected chi connectivity index (χ1v) is 8.61. The average Bonchev–Trinajstić information content (AvgIpc) is 2.33. The minimum Gasteiger partial charge on any atom is -0.450 e. The van der Waals surface area contributed by atoms with E-state index >= 15 is 0 Å². The van der Waals surface area contributed by atoms with Crippen LogP contribution >= 0.6 is 15.9 Å². The van der Waals surface area contributed by atoms with Crippen molar-refractivity contribution >= 4 is 22.1 Å². The van der Waals surface area contributed by atoms with Crippen LogP contribution in [0.4, 0.5) is 4.79 Å². The van der Waals surface area contributed by atoms with Crippen LogP contribution in [0.3, 0.4) is 0 Å². The fourth-order valence-corrected chi connectivity index (χ4v) is 5.54. The van der Waals surface area contributed by atoms with Gasteiger partial charge >= 0.3 is 6.16 Å². The molecule has 3 nitrogen and oxygen atoms in total. The lowest BCUT2D eigenvalue weighted by Crippen LogP contribution is -2.55. The van der Waals surface area contributed by atoms with Crippen LogP contribution in [-0.2, 0) is 4.74 Å². The molecule has 20 heavy (non-hydrogen) atoms. The lowest BCUT2D eigenvalue weighted by molar-refractivity contribution is -0.107. The number of carbonyl (C=O) groups is 1. The summed E-state index contributed by atoms with van der Waals surface area (Å²) in [6, 6.07) is 0. The van der Waals surface area contributed by atoms with Gasteiger partial charge in [-0.05, 0) is 48.3 Å². The highest BCUT2D eigenvalue weighted by Gasteiger charge is 2.56. The molecule has 0 aromatic heterocycles. The number of fused-ring (bicyclic) bond motifs is 1. The monoisotopic (exact) mass is 346 g/mol. The standard InChI is InChI=1S/C16H27BrO3/c1-10-5-6-12-15(2,3)13(17)7-8-16(12,4)11(10)9-20-14(18)19/h10-13H,5-9H2,1-4H3,(H,18,19). The Bertz CT molecular complexity index is 382. The Morgan fingerprint density at radius 2 is 1.95 bits per heavy atom. The van der Waals surface area contributed by atoms with Crippen molar-refractivity contribution < 1.29 is 14.6 Å². The van der Waals surface area contributed by atoms with E-state index in [0.29, 0.717) is 29.2 Å². The second kappa shape index (κ2) is 5.51. The SMILES string of the molecule is CC1CCC2C(C)(C)C(Br)CCC2(C)C1COC(=O)O. The second-order valence-corrected chi connectivity index (χ2v) is 8.73. The van der Waals surface area contributed by atoms with Crippen molar-refractivity contribution in [3.63, 3.8) is 0 Å². The molecule has 2 fully saturated rings. The molecule has 116 valence electrons. The summed E-state index contributed by atoms with van der Waals surface area (Å²) in [5.74, 6) is 1.52. The van der Waals surface area contributed by atoms with Crippen LogP contribution in [0.15, 0.2) is 0 Å². The van der Waals surface area contributed by atoms with Crippen LogP contribution in [0.1, 0.15) is 53.4 Å². The van der Waals surface area contributed by atoms with Crippen molar-refractivity contribution in [2.24, 2.45) is 28.6 Å². The maximum absolute atomic E-state index is 10.8. The van der Waals surface area contributed by atoms with Gasteiger partial charge < -0.3 is 9.84 Å². The van der Waals surface area contributed by atoms with Gasteiger partial charge in [0.2, 0.25) is 0 Å². The third-order valence-electron chi connectivity index (χ3n) is 6.27. The molecule has 2 saturated carbocycles. The second-order valence-electron chi connectivity index (χ2n) is 7.62. The molecule has 2 rings (SSSR count). The van der Waals surface area contributed by atoms with Gasteiger partial charge in [-0.15, -0.1) is 0 Å². The summed E-state index contributed by atoms with van der Waals surface area (Å²) in [6.45, 7) is 9.69. The molecule has 5 unspecified atom stereocenters. The molecule has 1 N–H and O–H groups in total. The zero-order chi connectivity index (χ0) is 15.1. The lowest BCUT2D eigenvalue weighted by Gasteiger charge is -2.60. The number of alkyl halides is 1. The zero-order valence-corrected chi connectivity index (χ0v) is 14.6. The van der Waals surface area contributed by atoms with Crippen LogP contribution in [0.25, 0.3) is 0 Å². The van der Waals surface area contributed by atoms with E-state index < -0.39 is 6.16 Å². The molecule has 0 amide bonds. The Kier molecular flexibility index (Phi) is 4.44. The molecule has 2 aliphatic rings. The number of carboxylic acid groups (broad SMARTS) is 1. The van der Waals surface area contributed by atoms with E-state index in [1.165, 1.54) is 12.8 Å². The minimum atomic E-state index is -1.14. The minimum absolute atomic E-state index is 0.195. The van der Waals surface area contributed by atoms with Crippen molar-refractivity contribution in [1.82, 2.24) is 0 Å². The molecule has 0 aromatic carbocycles. The molecule has 2 aliphatic carbocycles. The van der Waals surface area contributed by atoms with Crippen LogP contribution < -0.4 is 0 Å². The molecule has 0 heterocycles. The third-order valence-corrected chi connectivity index (χ3v) is 7.91. The van der Waals surface area contributed by atoms with Gasteiger partial charge in [0.05, 0.1) is 6.61 Å². The molecule has 5 atom stereocenters. The molecule has 4 heteroatoms. The number of hydrogen-bond donors (Lipinski definition) is 1. The molecule has 0 aromatic rings. The van der Waals surface area contributed by atoms with Gasteiger partial charge in [-0.3, -0.25) is 0 Å². The van der Waals surface area contributed by atoms with Crippen molar-refractivity contribution in [1.29, 1.82) is 0 Å². The van der Waals surface area contributed by atoms with Gasteiger partial charge in [0.15, 0.2) is 0 Å². The van der Waals surface area contributed by atoms with Gasteiger partial charge in [0, 0.05) is 10.7 Å². The first-order valence-electron chi connectivity index (χ1n) is 7.69. The number of ether oxygens (including phenoxy) is 1. The first kappa shape index (κ1) is 16.1. The Balaban J connectivity index is 2.25. The largest absolute Gasteiger partial charge is 0.505 e. The summed E-state index contributed by atoms with van der Waals surface area (Å²) in [7, 11) is 0. The molecule has 0 bridgehead atoms. The van der Waals surface area contributed by atoms with E-state index in [1.54, 1.807) is 0 Å². The van der Waals surface area contributed by atoms with Crippen LogP contribution in [0, 0.1) is 28.6 Å². The maximum atomic E-state index is 10.8. The van der Waals surface area contributed by atoms with E-state index in [0.717, 1.165) is 12.8 Å². The molecule has 0 radical (unpaired) electrons. The highest BCUT2D eigenvalue weighted by molar-refractivity contribution is 9.09. The molecular weight excluding hydrogens is 320 g/mol. The van der Waals surface area contributed by atoms with E-state index in [9.17, 15) is 4.79 Å². The van der Waals surface area contributed by atoms with E-state index in [4.69, 9.17) is 9.84 Å². The van der Waals surface area contributed by atoms with Gasteiger partial charge in [-0.1, -0.05) is 43.6 Å². The predicted molar refractivity (Wildman–Crippen MR) is 83.2 cm³/mol. The summed E-state index contributed by atoms with van der Waals surface area (Å²) in [6.07, 6.45) is 3.61. The molecular formula is C16H27BrO3. The summed E-state index contributed by atoms with van der Waals surface area (Å²) in [4.78, 5) is 11.3. The Morgan fingerprint density at radius 3 is 2.55 bits per heavy atom. The fourth-order valence-electron chi connectivity index (χ4n) is 4.99. The summed E-state index contributed by atoms with van der Waals surface area (Å²) in [5, 5.41) is 8.83. The topological polar surface area (TPSA) is 46.5 Å². The first-order chi connectivity index (χ1) is 9.19. The predicted octanol–water partition coefficient (Wildman–Crippen LogP) is 4.93. The third kappa shape index (κ3) is 2.60. The van der Waals surface area contributed by atoms with Crippen molar-refractivity contribution in [2.45, 2.75) is 58.2 Å². The maximum Gasteiger partial charge on any atom is 0.505 e. The average molecular weight is 347 g/mol. The number of hydrogen-bond acceptors (Lipinski definition) is 2. The zero-order valence-electron chi connectivity index (χ0n) is 13.0. The van der Waals surface area contributed by atoms with Crippen molar-refractivity contribution in [3.8, 4) is 0 Å². The summed E-state index contributed by atoms with van der Waals surface area (Å²) >= 11 is 3.87. The molecule has 0 spiro atoms. The van der Waals surface area contributed by atoms with Crippen LogP contribution in [-0.4, -0.2) is 22.7 Å².